The molecule has 0 aliphatic rings. The molecule has 2 aromatic carbocycles. The maximum absolute atomic E-state index is 6.02. The van der Waals surface area contributed by atoms with Gasteiger partial charge in [0.05, 0.1) is 22.4 Å². The normalized spacial score (nSPS) is 11.2. The molecule has 0 aliphatic carbocycles. The van der Waals surface area contributed by atoms with Gasteiger partial charge in [-0.05, 0) is 67.8 Å². The molecule has 4 aromatic rings. The Bertz CT molecular complexity index is 983. The Kier molecular flexibility index (Phi) is 4.61. The van der Waals surface area contributed by atoms with Gasteiger partial charge in [-0.2, -0.15) is 0 Å². The van der Waals surface area contributed by atoms with Crippen molar-refractivity contribution in [3.8, 4) is 0 Å². The molecule has 0 fully saturated rings. The highest BCUT2D eigenvalue weighted by Crippen LogP contribution is 2.48. The standard InChI is InChI=1S/C18H14N4S3/c19-13-5-7-15(11-3-1-9-21-17(11)13)23-25-24-16-8-6-14(20)18-12(16)4-2-10-22-18/h1-10H,19-20H2. The minimum atomic E-state index is 0.702. The zero-order valence-corrected chi connectivity index (χ0v) is 15.5. The molecule has 0 bridgehead atoms. The lowest BCUT2D eigenvalue weighted by Crippen LogP contribution is -1.90. The molecule has 0 amide bonds. The number of pyridine rings is 2. The van der Waals surface area contributed by atoms with Crippen LogP contribution in [0.15, 0.2) is 70.7 Å². The number of fused-ring (bicyclic) bond motifs is 2. The van der Waals surface area contributed by atoms with Gasteiger partial charge in [0.25, 0.3) is 0 Å². The van der Waals surface area contributed by atoms with Crippen LogP contribution in [0.2, 0.25) is 0 Å². The van der Waals surface area contributed by atoms with Crippen LogP contribution in [0, 0.1) is 0 Å². The number of hydrogen-bond acceptors (Lipinski definition) is 7. The Morgan fingerprint density at radius 3 is 1.60 bits per heavy atom. The predicted octanol–water partition coefficient (Wildman–Crippen LogP) is 5.40. The first-order valence-electron chi connectivity index (χ1n) is 7.51. The monoisotopic (exact) mass is 382 g/mol. The fraction of sp³-hybridized carbons (Fsp3) is 0. The molecule has 0 spiro atoms. The number of benzene rings is 2. The van der Waals surface area contributed by atoms with E-state index in [1.54, 1.807) is 43.8 Å². The van der Waals surface area contributed by atoms with E-state index >= 15 is 0 Å². The Hall–Kier alpha value is -2.09. The number of aromatic nitrogens is 2. The molecule has 4 N–H and O–H groups in total. The van der Waals surface area contributed by atoms with Crippen LogP contribution in [0.5, 0.6) is 0 Å². The molecule has 2 aromatic heterocycles. The minimum absolute atomic E-state index is 0.702. The second-order valence-corrected chi connectivity index (χ2v) is 9.32. The van der Waals surface area contributed by atoms with Gasteiger partial charge < -0.3 is 11.5 Å². The number of nitrogens with zero attached hydrogens (tertiary/aromatic N) is 2. The summed E-state index contributed by atoms with van der Waals surface area (Å²) in [5.41, 5.74) is 15.1. The number of nitrogen functional groups attached to an aromatic ring is 2. The number of nitrogens with two attached hydrogens (primary N) is 2. The lowest BCUT2D eigenvalue weighted by molar-refractivity contribution is 1.39. The molecule has 0 radical (unpaired) electrons. The van der Waals surface area contributed by atoms with E-state index in [1.165, 1.54) is 0 Å². The van der Waals surface area contributed by atoms with Gasteiger partial charge in [-0.1, -0.05) is 12.1 Å². The SMILES string of the molecule is Nc1ccc(SSSc2ccc(N)c3ncccc23)c2cccnc12. The van der Waals surface area contributed by atoms with Crippen LogP contribution in [0.4, 0.5) is 11.4 Å². The van der Waals surface area contributed by atoms with Crippen molar-refractivity contribution in [1.82, 2.24) is 9.97 Å². The highest BCUT2D eigenvalue weighted by molar-refractivity contribution is 9.09. The maximum atomic E-state index is 6.02. The molecule has 2 heterocycles. The number of anilines is 2. The van der Waals surface area contributed by atoms with Crippen molar-refractivity contribution in [2.75, 3.05) is 11.5 Å². The van der Waals surface area contributed by atoms with Crippen LogP contribution in [-0.4, -0.2) is 9.97 Å². The molecule has 0 aliphatic heterocycles. The second kappa shape index (κ2) is 7.03. The van der Waals surface area contributed by atoms with Gasteiger partial charge in [-0.15, -0.1) is 0 Å². The molecule has 7 heteroatoms. The number of rotatable bonds is 4. The first-order valence-corrected chi connectivity index (χ1v) is 11.0. The summed E-state index contributed by atoms with van der Waals surface area (Å²) >= 11 is 0. The zero-order valence-electron chi connectivity index (χ0n) is 13.0. The van der Waals surface area contributed by atoms with Crippen molar-refractivity contribution in [2.45, 2.75) is 9.79 Å². The molecule has 0 unspecified atom stereocenters. The topological polar surface area (TPSA) is 77.8 Å². The Labute approximate surface area is 156 Å². The number of hydrogen-bond donors (Lipinski definition) is 2. The molecule has 25 heavy (non-hydrogen) atoms. The van der Waals surface area contributed by atoms with Gasteiger partial charge in [0.2, 0.25) is 0 Å². The summed E-state index contributed by atoms with van der Waals surface area (Å²) in [6.45, 7) is 0. The Balaban J connectivity index is 1.58. The quantitative estimate of drug-likeness (QED) is 0.361. The molecule has 0 atom stereocenters. The summed E-state index contributed by atoms with van der Waals surface area (Å²) in [4.78, 5) is 11.1. The summed E-state index contributed by atoms with van der Waals surface area (Å²) in [6.07, 6.45) is 3.53. The van der Waals surface area contributed by atoms with E-state index in [-0.39, 0.29) is 0 Å². The van der Waals surface area contributed by atoms with E-state index < -0.39 is 0 Å². The Morgan fingerprint density at radius 2 is 1.12 bits per heavy atom. The lowest BCUT2D eigenvalue weighted by atomic mass is 10.2. The van der Waals surface area contributed by atoms with Gasteiger partial charge in [0.1, 0.15) is 0 Å². The highest BCUT2D eigenvalue weighted by atomic mass is 33.5. The molecule has 0 saturated heterocycles. The predicted molar refractivity (Wildman–Crippen MR) is 112 cm³/mol. The van der Waals surface area contributed by atoms with Crippen LogP contribution in [0.3, 0.4) is 0 Å². The molecular weight excluding hydrogens is 368 g/mol. The molecule has 124 valence electrons. The van der Waals surface area contributed by atoms with Crippen LogP contribution in [-0.2, 0) is 0 Å². The molecule has 0 saturated carbocycles. The molecular formula is C18H14N4S3. The fourth-order valence-corrected chi connectivity index (χ4v) is 6.55. The average molecular weight is 383 g/mol. The van der Waals surface area contributed by atoms with Crippen molar-refractivity contribution in [3.05, 3.63) is 60.9 Å². The third-order valence-electron chi connectivity index (χ3n) is 3.77. The maximum Gasteiger partial charge on any atom is 0.0942 e. The van der Waals surface area contributed by atoms with Crippen molar-refractivity contribution in [1.29, 1.82) is 0 Å². The zero-order chi connectivity index (χ0) is 17.2. The van der Waals surface area contributed by atoms with Crippen molar-refractivity contribution >= 4 is 64.6 Å². The summed E-state index contributed by atoms with van der Waals surface area (Å²) in [5.74, 6) is 0. The van der Waals surface area contributed by atoms with E-state index in [9.17, 15) is 0 Å². The second-order valence-electron chi connectivity index (χ2n) is 5.34. The van der Waals surface area contributed by atoms with Gasteiger partial charge in [0.15, 0.2) is 0 Å². The van der Waals surface area contributed by atoms with E-state index in [1.807, 2.05) is 36.4 Å². The fourth-order valence-electron chi connectivity index (χ4n) is 2.57. The molecule has 4 rings (SSSR count). The van der Waals surface area contributed by atoms with E-state index in [4.69, 9.17) is 11.5 Å². The van der Waals surface area contributed by atoms with Crippen LogP contribution < -0.4 is 11.5 Å². The lowest BCUT2D eigenvalue weighted by Gasteiger charge is -2.08. The smallest absolute Gasteiger partial charge is 0.0942 e. The highest BCUT2D eigenvalue weighted by Gasteiger charge is 2.09. The third kappa shape index (κ3) is 3.22. The average Bonchev–Trinajstić information content (AvgIpc) is 2.66. The van der Waals surface area contributed by atoms with Gasteiger partial charge >= 0.3 is 0 Å². The summed E-state index contributed by atoms with van der Waals surface area (Å²) in [5, 5.41) is 2.15. The van der Waals surface area contributed by atoms with E-state index in [0.717, 1.165) is 31.6 Å². The van der Waals surface area contributed by atoms with Crippen molar-refractivity contribution in [3.63, 3.8) is 0 Å². The minimum Gasteiger partial charge on any atom is -0.397 e. The van der Waals surface area contributed by atoms with Crippen molar-refractivity contribution in [2.24, 2.45) is 0 Å². The third-order valence-corrected chi connectivity index (χ3v) is 7.69. The first kappa shape index (κ1) is 16.4. The largest absolute Gasteiger partial charge is 0.397 e. The van der Waals surface area contributed by atoms with Gasteiger partial charge in [-0.3, -0.25) is 9.97 Å². The summed E-state index contributed by atoms with van der Waals surface area (Å²) in [6, 6.07) is 15.9. The van der Waals surface area contributed by atoms with E-state index in [2.05, 4.69) is 22.1 Å². The van der Waals surface area contributed by atoms with Gasteiger partial charge in [-0.25, -0.2) is 0 Å². The van der Waals surface area contributed by atoms with Crippen LogP contribution in [0.25, 0.3) is 21.8 Å². The van der Waals surface area contributed by atoms with E-state index in [0.29, 0.717) is 11.4 Å². The first-order chi connectivity index (χ1) is 12.2. The van der Waals surface area contributed by atoms with Crippen LogP contribution >= 0.6 is 31.4 Å². The summed E-state index contributed by atoms with van der Waals surface area (Å²) < 4.78 is 0. The van der Waals surface area contributed by atoms with Crippen LogP contribution in [0.1, 0.15) is 0 Å². The molecule has 4 nitrogen and oxygen atoms in total. The van der Waals surface area contributed by atoms with Gasteiger partial charge in [0, 0.05) is 33.0 Å². The summed E-state index contributed by atoms with van der Waals surface area (Å²) in [7, 11) is 5.09. The van der Waals surface area contributed by atoms with Crippen molar-refractivity contribution < 1.29 is 0 Å². The Morgan fingerprint density at radius 1 is 0.640 bits per heavy atom.